The van der Waals surface area contributed by atoms with E-state index in [4.69, 9.17) is 0 Å². The Bertz CT molecular complexity index is 540. The molecule has 6 heteroatoms. The van der Waals surface area contributed by atoms with E-state index in [1.165, 1.54) is 0 Å². The number of hydrazone groups is 1. The Morgan fingerprint density at radius 2 is 2.22 bits per heavy atom. The van der Waals surface area contributed by atoms with Gasteiger partial charge < -0.3 is 5.32 Å². The van der Waals surface area contributed by atoms with Crippen LogP contribution in [0.1, 0.15) is 24.0 Å². The zero-order chi connectivity index (χ0) is 13.1. The van der Waals surface area contributed by atoms with Crippen molar-refractivity contribution in [1.82, 2.24) is 5.43 Å². The Morgan fingerprint density at radius 1 is 1.44 bits per heavy atom. The zero-order valence-electron chi connectivity index (χ0n) is 9.86. The van der Waals surface area contributed by atoms with E-state index in [1.807, 2.05) is 25.1 Å². The molecule has 0 bridgehead atoms. The second-order valence-corrected chi connectivity index (χ2v) is 4.48. The van der Waals surface area contributed by atoms with Gasteiger partial charge >= 0.3 is 0 Å². The number of aryl methyl sites for hydroxylation is 1. The predicted octanol–water partition coefficient (Wildman–Crippen LogP) is 2.07. The monoisotopic (exact) mass is 263 g/mol. The van der Waals surface area contributed by atoms with Crippen molar-refractivity contribution in [3.8, 4) is 0 Å². The summed E-state index contributed by atoms with van der Waals surface area (Å²) >= 11 is 3.71. The largest absolute Gasteiger partial charge is 0.316 e. The van der Waals surface area contributed by atoms with E-state index in [1.54, 1.807) is 0 Å². The van der Waals surface area contributed by atoms with Crippen molar-refractivity contribution in [1.29, 1.82) is 0 Å². The average Bonchev–Trinajstić information content (AvgIpc) is 2.30. The summed E-state index contributed by atoms with van der Waals surface area (Å²) in [6.07, 6.45) is 0.964. The Morgan fingerprint density at radius 3 is 2.83 bits per heavy atom. The molecule has 0 radical (unpaired) electrons. The van der Waals surface area contributed by atoms with Gasteiger partial charge in [0.2, 0.25) is 5.91 Å². The highest BCUT2D eigenvalue weighted by Gasteiger charge is 2.16. The van der Waals surface area contributed by atoms with Crippen LogP contribution in [0.15, 0.2) is 23.3 Å². The van der Waals surface area contributed by atoms with Crippen LogP contribution in [0.4, 0.5) is 10.5 Å². The first kappa shape index (κ1) is 12.6. The van der Waals surface area contributed by atoms with E-state index in [2.05, 4.69) is 28.5 Å². The third kappa shape index (κ3) is 2.89. The fourth-order valence-electron chi connectivity index (χ4n) is 1.80. The summed E-state index contributed by atoms with van der Waals surface area (Å²) in [4.78, 5) is 22.1. The van der Waals surface area contributed by atoms with Gasteiger partial charge in [-0.1, -0.05) is 24.8 Å². The van der Waals surface area contributed by atoms with Crippen molar-refractivity contribution in [2.24, 2.45) is 5.10 Å². The molecule has 0 saturated carbocycles. The lowest BCUT2D eigenvalue weighted by Crippen LogP contribution is -2.26. The minimum Gasteiger partial charge on any atom is -0.316 e. The van der Waals surface area contributed by atoms with Crippen LogP contribution in [-0.2, 0) is 4.79 Å². The first-order valence-corrected chi connectivity index (χ1v) is 5.97. The number of carbonyl (C=O) groups excluding carboxylic acids is 2. The fourth-order valence-corrected chi connectivity index (χ4v) is 1.92. The summed E-state index contributed by atoms with van der Waals surface area (Å²) in [6, 6.07) is 5.66. The van der Waals surface area contributed by atoms with E-state index < -0.39 is 5.24 Å². The molecule has 0 aliphatic carbocycles. The number of benzene rings is 1. The van der Waals surface area contributed by atoms with Gasteiger partial charge in [-0.3, -0.25) is 9.59 Å². The summed E-state index contributed by atoms with van der Waals surface area (Å²) in [5.41, 5.74) is 5.69. The number of carbonyl (C=O) groups is 2. The van der Waals surface area contributed by atoms with Crippen LogP contribution in [0.2, 0.25) is 0 Å². The summed E-state index contributed by atoms with van der Waals surface area (Å²) in [6.45, 7) is 1.93. The fraction of sp³-hybridized carbons (Fsp3) is 0.250. The summed E-state index contributed by atoms with van der Waals surface area (Å²) < 4.78 is 0. The van der Waals surface area contributed by atoms with Crippen LogP contribution in [0, 0.1) is 6.92 Å². The summed E-state index contributed by atoms with van der Waals surface area (Å²) in [5.74, 6) is -0.0920. The standard InChI is InChI=1S/C12H13N3O2S/c1-7-2-3-8(10(6-7)13-12(17)18)9-4-5-11(16)15-14-9/h2-3,6H,4-5H2,1H3,(H,15,16)(H2,13,17,18). The molecule has 94 valence electrons. The van der Waals surface area contributed by atoms with Gasteiger partial charge in [0.25, 0.3) is 5.24 Å². The first-order chi connectivity index (χ1) is 8.56. The number of hydrogen-bond donors (Lipinski definition) is 3. The zero-order valence-corrected chi connectivity index (χ0v) is 10.8. The molecule has 0 aromatic heterocycles. The van der Waals surface area contributed by atoms with Gasteiger partial charge in [-0.05, 0) is 18.6 Å². The van der Waals surface area contributed by atoms with E-state index >= 15 is 0 Å². The van der Waals surface area contributed by atoms with E-state index in [0.717, 1.165) is 16.8 Å². The van der Waals surface area contributed by atoms with Gasteiger partial charge in [-0.25, -0.2) is 5.43 Å². The number of nitrogens with one attached hydrogen (secondary N) is 2. The number of thiol groups is 1. The van der Waals surface area contributed by atoms with Crippen LogP contribution in [-0.4, -0.2) is 16.9 Å². The van der Waals surface area contributed by atoms with E-state index in [-0.39, 0.29) is 5.91 Å². The summed E-state index contributed by atoms with van der Waals surface area (Å²) in [7, 11) is 0. The lowest BCUT2D eigenvalue weighted by atomic mass is 10.0. The van der Waals surface area contributed by atoms with Crippen molar-refractivity contribution >= 4 is 35.2 Å². The van der Waals surface area contributed by atoms with Crippen molar-refractivity contribution < 1.29 is 9.59 Å². The van der Waals surface area contributed by atoms with Gasteiger partial charge in [-0.15, -0.1) is 0 Å². The molecular formula is C12H13N3O2S. The lowest BCUT2D eigenvalue weighted by Gasteiger charge is -2.16. The Balaban J connectivity index is 2.37. The number of rotatable bonds is 2. The van der Waals surface area contributed by atoms with Crippen molar-refractivity contribution in [2.45, 2.75) is 19.8 Å². The van der Waals surface area contributed by atoms with Crippen LogP contribution < -0.4 is 10.7 Å². The molecule has 2 amide bonds. The molecule has 0 spiro atoms. The highest BCUT2D eigenvalue weighted by Crippen LogP contribution is 2.22. The molecular weight excluding hydrogens is 250 g/mol. The maximum absolute atomic E-state index is 11.1. The van der Waals surface area contributed by atoms with Crippen LogP contribution in [0.5, 0.6) is 0 Å². The van der Waals surface area contributed by atoms with E-state index in [9.17, 15) is 9.59 Å². The van der Waals surface area contributed by atoms with Crippen molar-refractivity contribution in [3.63, 3.8) is 0 Å². The molecule has 18 heavy (non-hydrogen) atoms. The van der Waals surface area contributed by atoms with Crippen LogP contribution in [0.25, 0.3) is 0 Å². The molecule has 1 aliphatic rings. The summed E-state index contributed by atoms with van der Waals surface area (Å²) in [5, 5.41) is 6.25. The molecule has 0 atom stereocenters. The van der Waals surface area contributed by atoms with Gasteiger partial charge in [0, 0.05) is 18.4 Å². The first-order valence-electron chi connectivity index (χ1n) is 5.52. The third-order valence-corrected chi connectivity index (χ3v) is 2.74. The molecule has 5 nitrogen and oxygen atoms in total. The minimum atomic E-state index is -0.428. The Hall–Kier alpha value is -1.82. The topological polar surface area (TPSA) is 70.6 Å². The van der Waals surface area contributed by atoms with Crippen LogP contribution in [0.3, 0.4) is 0 Å². The maximum atomic E-state index is 11.1. The molecule has 1 aromatic carbocycles. The normalized spacial score (nSPS) is 14.8. The van der Waals surface area contributed by atoms with Gasteiger partial charge in [-0.2, -0.15) is 5.10 Å². The number of nitrogens with zero attached hydrogens (tertiary/aromatic N) is 1. The highest BCUT2D eigenvalue weighted by molar-refractivity contribution is 7.96. The predicted molar refractivity (Wildman–Crippen MR) is 73.1 cm³/mol. The molecule has 1 aromatic rings. The smallest absolute Gasteiger partial charge is 0.280 e. The van der Waals surface area contributed by atoms with Crippen LogP contribution >= 0.6 is 12.6 Å². The molecule has 0 saturated heterocycles. The maximum Gasteiger partial charge on any atom is 0.280 e. The Labute approximate surface area is 110 Å². The number of hydrogen-bond acceptors (Lipinski definition) is 3. The molecule has 0 unspecified atom stereocenters. The number of amides is 2. The SMILES string of the molecule is Cc1ccc(C2=NNC(=O)CC2)c(NC(=O)S)c1. The molecule has 2 rings (SSSR count). The Kier molecular flexibility index (Phi) is 3.66. The molecule has 1 aliphatic heterocycles. The molecule has 1 heterocycles. The molecule has 2 N–H and O–H groups in total. The average molecular weight is 263 g/mol. The number of anilines is 1. The second-order valence-electron chi connectivity index (χ2n) is 4.07. The third-order valence-electron chi connectivity index (χ3n) is 2.63. The molecule has 0 fully saturated rings. The highest BCUT2D eigenvalue weighted by atomic mass is 32.1. The van der Waals surface area contributed by atoms with Gasteiger partial charge in [0.05, 0.1) is 11.4 Å². The van der Waals surface area contributed by atoms with E-state index in [0.29, 0.717) is 18.5 Å². The minimum absolute atomic E-state index is 0.0920. The quantitative estimate of drug-likeness (QED) is 0.715. The van der Waals surface area contributed by atoms with Crippen molar-refractivity contribution in [2.75, 3.05) is 5.32 Å². The lowest BCUT2D eigenvalue weighted by molar-refractivity contribution is -0.121. The van der Waals surface area contributed by atoms with Crippen molar-refractivity contribution in [3.05, 3.63) is 29.3 Å². The van der Waals surface area contributed by atoms with Gasteiger partial charge in [0.15, 0.2) is 0 Å². The van der Waals surface area contributed by atoms with Gasteiger partial charge in [0.1, 0.15) is 0 Å². The second kappa shape index (κ2) is 5.22.